The summed E-state index contributed by atoms with van der Waals surface area (Å²) >= 11 is 13.6. The van der Waals surface area contributed by atoms with E-state index in [0.29, 0.717) is 51.2 Å². The van der Waals surface area contributed by atoms with Crippen molar-refractivity contribution < 1.29 is 0 Å². The lowest BCUT2D eigenvalue weighted by Gasteiger charge is -2.13. The van der Waals surface area contributed by atoms with Gasteiger partial charge < -0.3 is 0 Å². The van der Waals surface area contributed by atoms with E-state index in [4.69, 9.17) is 28.5 Å². The van der Waals surface area contributed by atoms with Crippen molar-refractivity contribution in [1.29, 1.82) is 5.26 Å². The molecule has 2 aromatic carbocycles. The Balaban J connectivity index is 1.96. The summed E-state index contributed by atoms with van der Waals surface area (Å²) in [6.07, 6.45) is 0.984. The molecular formula is C19H15Cl2N3OS. The molecule has 0 atom stereocenters. The van der Waals surface area contributed by atoms with Crippen LogP contribution in [0, 0.1) is 11.3 Å². The maximum atomic E-state index is 12.9. The van der Waals surface area contributed by atoms with Crippen molar-refractivity contribution in [3.05, 3.63) is 68.4 Å². The fraction of sp³-hybridized carbons (Fsp3) is 0.211. The molecule has 1 heterocycles. The van der Waals surface area contributed by atoms with Gasteiger partial charge in [0.1, 0.15) is 0 Å². The van der Waals surface area contributed by atoms with E-state index in [2.05, 4.69) is 11.1 Å². The number of nitriles is 1. The fourth-order valence-electron chi connectivity index (χ4n) is 2.60. The Hall–Kier alpha value is -2.00. The van der Waals surface area contributed by atoms with Gasteiger partial charge in [-0.15, -0.1) is 0 Å². The van der Waals surface area contributed by atoms with Crippen molar-refractivity contribution in [3.63, 3.8) is 0 Å². The molecule has 0 unspecified atom stereocenters. The van der Waals surface area contributed by atoms with Crippen LogP contribution in [0.4, 0.5) is 0 Å². The summed E-state index contributed by atoms with van der Waals surface area (Å²) in [5.74, 6) is 0.586. The molecule has 0 aliphatic rings. The summed E-state index contributed by atoms with van der Waals surface area (Å²) in [7, 11) is 0. The molecular weight excluding hydrogens is 389 g/mol. The second kappa shape index (κ2) is 8.59. The molecule has 0 aliphatic heterocycles. The summed E-state index contributed by atoms with van der Waals surface area (Å²) in [5.41, 5.74) is 1.50. The van der Waals surface area contributed by atoms with Crippen LogP contribution in [0.2, 0.25) is 10.0 Å². The SMILES string of the molecule is N#CCCSc1nc2ccccc2c(=O)n1CCc1ccc(Cl)cc1Cl. The Labute approximate surface area is 165 Å². The van der Waals surface area contributed by atoms with Crippen LogP contribution in [0.25, 0.3) is 10.9 Å². The van der Waals surface area contributed by atoms with Gasteiger partial charge in [0.15, 0.2) is 5.16 Å². The standard InChI is InChI=1S/C19H15Cl2N3OS/c20-14-7-6-13(16(21)12-14)8-10-24-18(25)15-4-1-2-5-17(15)23-19(24)26-11-3-9-22/h1-2,4-7,12H,3,8,10-11H2. The summed E-state index contributed by atoms with van der Waals surface area (Å²) < 4.78 is 1.66. The molecule has 0 saturated carbocycles. The van der Waals surface area contributed by atoms with Crippen molar-refractivity contribution in [2.24, 2.45) is 0 Å². The third kappa shape index (κ3) is 4.21. The van der Waals surface area contributed by atoms with Crippen LogP contribution in [-0.2, 0) is 13.0 Å². The number of thioether (sulfide) groups is 1. The average Bonchev–Trinajstić information content (AvgIpc) is 2.63. The van der Waals surface area contributed by atoms with Crippen LogP contribution < -0.4 is 5.56 Å². The average molecular weight is 404 g/mol. The van der Waals surface area contributed by atoms with Crippen molar-refractivity contribution >= 4 is 45.9 Å². The highest BCUT2D eigenvalue weighted by molar-refractivity contribution is 7.99. The van der Waals surface area contributed by atoms with Crippen LogP contribution in [-0.4, -0.2) is 15.3 Å². The number of aryl methyl sites for hydroxylation is 1. The van der Waals surface area contributed by atoms with Gasteiger partial charge in [0.25, 0.3) is 5.56 Å². The largest absolute Gasteiger partial charge is 0.287 e. The van der Waals surface area contributed by atoms with Crippen molar-refractivity contribution in [2.75, 3.05) is 5.75 Å². The zero-order chi connectivity index (χ0) is 18.5. The molecule has 3 aromatic rings. The molecule has 0 spiro atoms. The minimum absolute atomic E-state index is 0.0832. The third-order valence-electron chi connectivity index (χ3n) is 3.89. The summed E-state index contributed by atoms with van der Waals surface area (Å²) in [4.78, 5) is 17.6. The van der Waals surface area contributed by atoms with E-state index < -0.39 is 0 Å². The minimum atomic E-state index is -0.0832. The normalized spacial score (nSPS) is 10.8. The van der Waals surface area contributed by atoms with E-state index in [0.717, 1.165) is 5.56 Å². The summed E-state index contributed by atoms with van der Waals surface area (Å²) in [6.45, 7) is 0.451. The van der Waals surface area contributed by atoms with Gasteiger partial charge in [0.2, 0.25) is 0 Å². The zero-order valence-corrected chi connectivity index (χ0v) is 16.1. The first-order valence-electron chi connectivity index (χ1n) is 8.03. The number of para-hydroxylation sites is 1. The van der Waals surface area contributed by atoms with Crippen molar-refractivity contribution in [1.82, 2.24) is 9.55 Å². The lowest BCUT2D eigenvalue weighted by molar-refractivity contribution is 0.595. The number of hydrogen-bond donors (Lipinski definition) is 0. The summed E-state index contributed by atoms with van der Waals surface area (Å²) in [6, 6.07) is 14.8. The summed E-state index contributed by atoms with van der Waals surface area (Å²) in [5, 5.41) is 11.1. The molecule has 0 bridgehead atoms. The Morgan fingerprint density at radius 3 is 2.77 bits per heavy atom. The zero-order valence-electron chi connectivity index (χ0n) is 13.8. The van der Waals surface area contributed by atoms with Gasteiger partial charge in [0.05, 0.1) is 17.0 Å². The lowest BCUT2D eigenvalue weighted by atomic mass is 10.1. The maximum Gasteiger partial charge on any atom is 0.262 e. The van der Waals surface area contributed by atoms with Gasteiger partial charge in [-0.25, -0.2) is 4.98 Å². The predicted molar refractivity (Wildman–Crippen MR) is 107 cm³/mol. The predicted octanol–water partition coefficient (Wildman–Crippen LogP) is 4.95. The molecule has 0 aliphatic carbocycles. The molecule has 4 nitrogen and oxygen atoms in total. The van der Waals surface area contributed by atoms with E-state index in [1.807, 2.05) is 24.3 Å². The molecule has 0 amide bonds. The molecule has 3 rings (SSSR count). The smallest absolute Gasteiger partial charge is 0.262 e. The van der Waals surface area contributed by atoms with Gasteiger partial charge in [-0.1, -0.05) is 53.2 Å². The molecule has 0 radical (unpaired) electrons. The highest BCUT2D eigenvalue weighted by atomic mass is 35.5. The Bertz CT molecular complexity index is 1040. The maximum absolute atomic E-state index is 12.9. The first-order chi connectivity index (χ1) is 12.6. The third-order valence-corrected chi connectivity index (χ3v) is 5.46. The highest BCUT2D eigenvalue weighted by Gasteiger charge is 2.12. The van der Waals surface area contributed by atoms with Crippen molar-refractivity contribution in [3.8, 4) is 6.07 Å². The van der Waals surface area contributed by atoms with E-state index in [1.54, 1.807) is 22.8 Å². The molecule has 1 aromatic heterocycles. The molecule has 132 valence electrons. The van der Waals surface area contributed by atoms with Gasteiger partial charge in [-0.3, -0.25) is 9.36 Å². The van der Waals surface area contributed by atoms with Crippen LogP contribution in [0.1, 0.15) is 12.0 Å². The van der Waals surface area contributed by atoms with Crippen LogP contribution in [0.15, 0.2) is 52.4 Å². The number of rotatable bonds is 6. The molecule has 26 heavy (non-hydrogen) atoms. The highest BCUT2D eigenvalue weighted by Crippen LogP contribution is 2.23. The lowest BCUT2D eigenvalue weighted by Crippen LogP contribution is -2.24. The number of hydrogen-bond acceptors (Lipinski definition) is 4. The monoisotopic (exact) mass is 403 g/mol. The number of aromatic nitrogens is 2. The minimum Gasteiger partial charge on any atom is -0.287 e. The molecule has 0 fully saturated rings. The fourth-order valence-corrected chi connectivity index (χ4v) is 3.97. The van der Waals surface area contributed by atoms with E-state index in [-0.39, 0.29) is 5.56 Å². The van der Waals surface area contributed by atoms with Crippen LogP contribution >= 0.6 is 35.0 Å². The number of nitrogens with zero attached hydrogens (tertiary/aromatic N) is 3. The molecule has 0 N–H and O–H groups in total. The van der Waals surface area contributed by atoms with Crippen molar-refractivity contribution in [2.45, 2.75) is 24.5 Å². The quantitative estimate of drug-likeness (QED) is 0.331. The van der Waals surface area contributed by atoms with E-state index in [1.165, 1.54) is 11.8 Å². The Kier molecular flexibility index (Phi) is 6.20. The number of halogens is 2. The number of benzene rings is 2. The van der Waals surface area contributed by atoms with Crippen LogP contribution in [0.3, 0.4) is 0 Å². The van der Waals surface area contributed by atoms with Gasteiger partial charge in [-0.05, 0) is 36.2 Å². The first-order valence-corrected chi connectivity index (χ1v) is 9.77. The number of fused-ring (bicyclic) bond motifs is 1. The van der Waals surface area contributed by atoms with E-state index >= 15 is 0 Å². The van der Waals surface area contributed by atoms with Gasteiger partial charge in [-0.2, -0.15) is 5.26 Å². The second-order valence-electron chi connectivity index (χ2n) is 5.61. The second-order valence-corrected chi connectivity index (χ2v) is 7.52. The first kappa shape index (κ1) is 18.8. The Morgan fingerprint density at radius 1 is 1.19 bits per heavy atom. The molecule has 7 heteroatoms. The molecule has 0 saturated heterocycles. The topological polar surface area (TPSA) is 58.7 Å². The van der Waals surface area contributed by atoms with E-state index in [9.17, 15) is 4.79 Å². The van der Waals surface area contributed by atoms with Gasteiger partial charge >= 0.3 is 0 Å². The van der Waals surface area contributed by atoms with Gasteiger partial charge in [0, 0.05) is 28.8 Å². The Morgan fingerprint density at radius 2 is 2.00 bits per heavy atom. The van der Waals surface area contributed by atoms with Crippen LogP contribution in [0.5, 0.6) is 0 Å².